The fourth-order valence-electron chi connectivity index (χ4n) is 2.45. The van der Waals surface area contributed by atoms with Crippen molar-refractivity contribution in [2.24, 2.45) is 0 Å². The summed E-state index contributed by atoms with van der Waals surface area (Å²) >= 11 is 0. The van der Waals surface area contributed by atoms with E-state index in [4.69, 9.17) is 13.7 Å². The van der Waals surface area contributed by atoms with Gasteiger partial charge in [-0.1, -0.05) is 17.3 Å². The van der Waals surface area contributed by atoms with Gasteiger partial charge in [-0.05, 0) is 67.1 Å². The largest absolute Gasteiger partial charge is 0.465 e. The van der Waals surface area contributed by atoms with Crippen molar-refractivity contribution in [1.29, 1.82) is 0 Å². The molecule has 2 aromatic heterocycles. The van der Waals surface area contributed by atoms with Gasteiger partial charge in [0.2, 0.25) is 5.82 Å². The monoisotopic (exact) mass is 344 g/mol. The number of nitrogens with zero attached hydrogens (tertiary/aromatic N) is 2. The summed E-state index contributed by atoms with van der Waals surface area (Å²) in [7, 11) is 0. The highest BCUT2D eigenvalue weighted by Crippen LogP contribution is 2.25. The standard InChI is InChI=1S/C21H16N2O3/c1-15-4-2-5-19(14-15)25-18-9-7-16(8-10-18)21-22-20(26-23-21)12-11-17-6-3-13-24-17/h2-14H,1H3/b12-11+. The van der Waals surface area contributed by atoms with Crippen LogP contribution in [0.3, 0.4) is 0 Å². The number of aryl methyl sites for hydroxylation is 1. The molecule has 5 nitrogen and oxygen atoms in total. The smallest absolute Gasteiger partial charge is 0.251 e. The summed E-state index contributed by atoms with van der Waals surface area (Å²) < 4.78 is 16.3. The third-order valence-electron chi connectivity index (χ3n) is 3.71. The van der Waals surface area contributed by atoms with E-state index < -0.39 is 0 Å². The lowest BCUT2D eigenvalue weighted by molar-refractivity contribution is 0.411. The maximum Gasteiger partial charge on any atom is 0.251 e. The summed E-state index contributed by atoms with van der Waals surface area (Å²) in [5, 5.41) is 4.00. The zero-order chi connectivity index (χ0) is 17.8. The first kappa shape index (κ1) is 15.9. The molecule has 4 aromatic rings. The van der Waals surface area contributed by atoms with Gasteiger partial charge in [0, 0.05) is 11.6 Å². The van der Waals surface area contributed by atoms with Crippen molar-refractivity contribution in [3.63, 3.8) is 0 Å². The van der Waals surface area contributed by atoms with E-state index in [0.29, 0.717) is 11.7 Å². The van der Waals surface area contributed by atoms with Gasteiger partial charge in [-0.3, -0.25) is 0 Å². The fraction of sp³-hybridized carbons (Fsp3) is 0.0476. The van der Waals surface area contributed by atoms with Crippen molar-refractivity contribution in [2.75, 3.05) is 0 Å². The second-order valence-corrected chi connectivity index (χ2v) is 5.75. The highest BCUT2D eigenvalue weighted by molar-refractivity contribution is 5.64. The van der Waals surface area contributed by atoms with E-state index in [9.17, 15) is 0 Å². The Morgan fingerprint density at radius 3 is 2.58 bits per heavy atom. The van der Waals surface area contributed by atoms with Crippen LogP contribution in [-0.2, 0) is 0 Å². The Kier molecular flexibility index (Phi) is 4.35. The summed E-state index contributed by atoms with van der Waals surface area (Å²) in [6, 6.07) is 19.1. The van der Waals surface area contributed by atoms with Crippen LogP contribution in [0.2, 0.25) is 0 Å². The Morgan fingerprint density at radius 2 is 1.81 bits per heavy atom. The summed E-state index contributed by atoms with van der Waals surface area (Å²) in [4.78, 5) is 4.36. The van der Waals surface area contributed by atoms with Crippen molar-refractivity contribution in [1.82, 2.24) is 10.1 Å². The van der Waals surface area contributed by atoms with Gasteiger partial charge < -0.3 is 13.7 Å². The molecule has 0 aliphatic carbocycles. The number of ether oxygens (including phenoxy) is 1. The van der Waals surface area contributed by atoms with E-state index in [0.717, 1.165) is 28.4 Å². The first-order valence-electron chi connectivity index (χ1n) is 8.16. The SMILES string of the molecule is Cc1cccc(Oc2ccc(-c3noc(/C=C/c4ccco4)n3)cc2)c1. The molecule has 0 unspecified atom stereocenters. The van der Waals surface area contributed by atoms with Crippen LogP contribution in [-0.4, -0.2) is 10.1 Å². The van der Waals surface area contributed by atoms with Crippen LogP contribution < -0.4 is 4.74 Å². The van der Waals surface area contributed by atoms with Gasteiger partial charge in [0.15, 0.2) is 0 Å². The second kappa shape index (κ2) is 7.11. The van der Waals surface area contributed by atoms with Crippen LogP contribution in [0, 0.1) is 6.92 Å². The molecule has 2 aromatic carbocycles. The lowest BCUT2D eigenvalue weighted by Crippen LogP contribution is -1.86. The molecule has 0 aliphatic rings. The van der Waals surface area contributed by atoms with Crippen molar-refractivity contribution in [3.05, 3.63) is 84.1 Å². The van der Waals surface area contributed by atoms with Crippen LogP contribution in [0.1, 0.15) is 17.2 Å². The first-order valence-corrected chi connectivity index (χ1v) is 8.16. The average Bonchev–Trinajstić information content (AvgIpc) is 3.33. The minimum Gasteiger partial charge on any atom is -0.465 e. The van der Waals surface area contributed by atoms with E-state index in [1.54, 1.807) is 18.4 Å². The Labute approximate surface area is 150 Å². The quantitative estimate of drug-likeness (QED) is 0.471. The van der Waals surface area contributed by atoms with Crippen LogP contribution in [0.15, 0.2) is 75.9 Å². The Balaban J connectivity index is 1.47. The molecule has 0 spiro atoms. The molecule has 0 fully saturated rings. The van der Waals surface area contributed by atoms with Gasteiger partial charge in [-0.25, -0.2) is 0 Å². The van der Waals surface area contributed by atoms with Gasteiger partial charge in [0.1, 0.15) is 17.3 Å². The predicted molar refractivity (Wildman–Crippen MR) is 98.6 cm³/mol. The minimum absolute atomic E-state index is 0.413. The van der Waals surface area contributed by atoms with E-state index in [-0.39, 0.29) is 0 Å². The molecule has 0 aliphatic heterocycles. The molecule has 4 rings (SSSR count). The average molecular weight is 344 g/mol. The van der Waals surface area contributed by atoms with Gasteiger partial charge >= 0.3 is 0 Å². The molecule has 0 saturated heterocycles. The van der Waals surface area contributed by atoms with Crippen LogP contribution in [0.25, 0.3) is 23.5 Å². The van der Waals surface area contributed by atoms with E-state index in [1.807, 2.05) is 67.6 Å². The van der Waals surface area contributed by atoms with Gasteiger partial charge in [-0.2, -0.15) is 4.98 Å². The molecule has 2 heterocycles. The molecule has 0 saturated carbocycles. The normalized spacial score (nSPS) is 11.1. The number of furan rings is 1. The van der Waals surface area contributed by atoms with Crippen molar-refractivity contribution in [3.8, 4) is 22.9 Å². The van der Waals surface area contributed by atoms with Gasteiger partial charge in [-0.15, -0.1) is 0 Å². The molecule has 0 amide bonds. The molecule has 0 N–H and O–H groups in total. The Morgan fingerprint density at radius 1 is 0.923 bits per heavy atom. The maximum atomic E-state index is 5.85. The number of benzene rings is 2. The molecular weight excluding hydrogens is 328 g/mol. The van der Waals surface area contributed by atoms with Crippen molar-refractivity contribution in [2.45, 2.75) is 6.92 Å². The zero-order valence-electron chi connectivity index (χ0n) is 14.1. The van der Waals surface area contributed by atoms with Crippen molar-refractivity contribution >= 4 is 12.2 Å². The topological polar surface area (TPSA) is 61.3 Å². The van der Waals surface area contributed by atoms with Crippen LogP contribution in [0.5, 0.6) is 11.5 Å². The predicted octanol–water partition coefficient (Wildman–Crippen LogP) is 5.60. The molecule has 0 radical (unpaired) electrons. The number of hydrogen-bond acceptors (Lipinski definition) is 5. The first-order chi connectivity index (χ1) is 12.8. The van der Waals surface area contributed by atoms with E-state index >= 15 is 0 Å². The van der Waals surface area contributed by atoms with Crippen LogP contribution in [0.4, 0.5) is 0 Å². The zero-order valence-corrected chi connectivity index (χ0v) is 14.1. The third kappa shape index (κ3) is 3.72. The van der Waals surface area contributed by atoms with E-state index in [2.05, 4.69) is 10.1 Å². The molecule has 26 heavy (non-hydrogen) atoms. The second-order valence-electron chi connectivity index (χ2n) is 5.75. The highest BCUT2D eigenvalue weighted by Gasteiger charge is 2.07. The third-order valence-corrected chi connectivity index (χ3v) is 3.71. The number of hydrogen-bond donors (Lipinski definition) is 0. The summed E-state index contributed by atoms with van der Waals surface area (Å²) in [5.41, 5.74) is 2.00. The Hall–Kier alpha value is -3.60. The number of rotatable bonds is 5. The highest BCUT2D eigenvalue weighted by atomic mass is 16.5. The van der Waals surface area contributed by atoms with Crippen LogP contribution >= 0.6 is 0 Å². The molecular formula is C21H16N2O3. The van der Waals surface area contributed by atoms with E-state index in [1.165, 1.54) is 0 Å². The summed E-state index contributed by atoms with van der Waals surface area (Å²) in [6.45, 7) is 2.03. The summed E-state index contributed by atoms with van der Waals surface area (Å²) in [6.07, 6.45) is 5.10. The molecule has 0 atom stereocenters. The molecule has 128 valence electrons. The van der Waals surface area contributed by atoms with Gasteiger partial charge in [0.05, 0.1) is 6.26 Å². The van der Waals surface area contributed by atoms with Gasteiger partial charge in [0.25, 0.3) is 5.89 Å². The Bertz CT molecular complexity index is 1020. The maximum absolute atomic E-state index is 5.85. The number of aromatic nitrogens is 2. The lowest BCUT2D eigenvalue weighted by Gasteiger charge is -2.06. The fourth-order valence-corrected chi connectivity index (χ4v) is 2.45. The van der Waals surface area contributed by atoms with Crippen molar-refractivity contribution < 1.29 is 13.7 Å². The molecule has 0 bridgehead atoms. The lowest BCUT2D eigenvalue weighted by atomic mass is 10.2. The minimum atomic E-state index is 0.413. The summed E-state index contributed by atoms with van der Waals surface area (Å²) in [5.74, 6) is 3.22. The molecule has 5 heteroatoms.